The average molecular weight is 290 g/mol. The Kier molecular flexibility index (Phi) is 4.36. The van der Waals surface area contributed by atoms with Crippen molar-refractivity contribution in [2.75, 3.05) is 11.9 Å². The number of carbonyl (C=O) groups excluding carboxylic acids is 2. The van der Waals surface area contributed by atoms with Crippen LogP contribution in [-0.4, -0.2) is 37.9 Å². The van der Waals surface area contributed by atoms with E-state index in [1.807, 2.05) is 6.92 Å². The third-order valence-electron chi connectivity index (χ3n) is 2.90. The maximum absolute atomic E-state index is 12.1. The Hall–Kier alpha value is -2.64. The fraction of sp³-hybridized carbons (Fsp3) is 0.385. The van der Waals surface area contributed by atoms with Gasteiger partial charge in [0.25, 0.3) is 11.8 Å². The molecule has 0 aromatic carbocycles. The molecule has 0 spiro atoms. The molecular formula is C13H18N6O2. The lowest BCUT2D eigenvalue weighted by Crippen LogP contribution is -2.27. The maximum Gasteiger partial charge on any atom is 0.271 e. The van der Waals surface area contributed by atoms with Gasteiger partial charge in [0.15, 0.2) is 0 Å². The molecule has 0 fully saturated rings. The van der Waals surface area contributed by atoms with E-state index in [1.165, 1.54) is 21.8 Å². The molecule has 2 N–H and O–H groups in total. The zero-order chi connectivity index (χ0) is 15.4. The van der Waals surface area contributed by atoms with Crippen LogP contribution in [0.3, 0.4) is 0 Å². The first-order chi connectivity index (χ1) is 10.0. The van der Waals surface area contributed by atoms with Gasteiger partial charge < -0.3 is 10.6 Å². The Bertz CT molecular complexity index is 657. The SMILES string of the molecule is CCCNC(=O)c1c(NC(=O)c2cnn(C)c2)cnn1C. The predicted octanol–water partition coefficient (Wildman–Crippen LogP) is 0.546. The second-order valence-corrected chi connectivity index (χ2v) is 4.64. The van der Waals surface area contributed by atoms with E-state index in [2.05, 4.69) is 20.8 Å². The standard InChI is InChI=1S/C13H18N6O2/c1-4-5-14-13(21)11-10(7-16-19(11)3)17-12(20)9-6-15-18(2)8-9/h6-8H,4-5H2,1-3H3,(H,14,21)(H,17,20). The Labute approximate surface area is 122 Å². The zero-order valence-corrected chi connectivity index (χ0v) is 12.3. The van der Waals surface area contributed by atoms with Gasteiger partial charge in [-0.05, 0) is 6.42 Å². The fourth-order valence-electron chi connectivity index (χ4n) is 1.85. The summed E-state index contributed by atoms with van der Waals surface area (Å²) >= 11 is 0. The van der Waals surface area contributed by atoms with Gasteiger partial charge in [-0.25, -0.2) is 0 Å². The van der Waals surface area contributed by atoms with Crippen LogP contribution in [0.25, 0.3) is 0 Å². The number of aryl methyl sites for hydroxylation is 2. The molecule has 0 bridgehead atoms. The van der Waals surface area contributed by atoms with Crippen molar-refractivity contribution in [3.63, 3.8) is 0 Å². The van der Waals surface area contributed by atoms with Crippen LogP contribution in [0.15, 0.2) is 18.6 Å². The zero-order valence-electron chi connectivity index (χ0n) is 12.3. The minimum absolute atomic E-state index is 0.265. The molecule has 0 unspecified atom stereocenters. The number of nitrogens with zero attached hydrogens (tertiary/aromatic N) is 4. The van der Waals surface area contributed by atoms with Crippen LogP contribution in [-0.2, 0) is 14.1 Å². The van der Waals surface area contributed by atoms with Gasteiger partial charge in [-0.2, -0.15) is 10.2 Å². The van der Waals surface area contributed by atoms with Crippen LogP contribution in [0.5, 0.6) is 0 Å². The Morgan fingerprint density at radius 1 is 1.19 bits per heavy atom. The van der Waals surface area contributed by atoms with Crippen molar-refractivity contribution in [3.8, 4) is 0 Å². The van der Waals surface area contributed by atoms with Gasteiger partial charge in [0.2, 0.25) is 0 Å². The van der Waals surface area contributed by atoms with E-state index in [9.17, 15) is 9.59 Å². The summed E-state index contributed by atoms with van der Waals surface area (Å²) in [5.41, 5.74) is 1.11. The van der Waals surface area contributed by atoms with Gasteiger partial charge in [0.1, 0.15) is 5.69 Å². The maximum atomic E-state index is 12.1. The van der Waals surface area contributed by atoms with Crippen molar-refractivity contribution in [2.45, 2.75) is 13.3 Å². The highest BCUT2D eigenvalue weighted by Gasteiger charge is 2.19. The topological polar surface area (TPSA) is 93.8 Å². The summed E-state index contributed by atoms with van der Waals surface area (Å²) in [4.78, 5) is 24.2. The molecule has 0 saturated heterocycles. The highest BCUT2D eigenvalue weighted by Crippen LogP contribution is 2.15. The summed E-state index contributed by atoms with van der Waals surface area (Å²) in [5.74, 6) is -0.598. The summed E-state index contributed by atoms with van der Waals surface area (Å²) in [6.07, 6.45) is 5.35. The molecule has 0 saturated carbocycles. The normalized spacial score (nSPS) is 10.4. The summed E-state index contributed by atoms with van der Waals surface area (Å²) in [6.45, 7) is 2.54. The van der Waals surface area contributed by atoms with Gasteiger partial charge in [-0.15, -0.1) is 0 Å². The number of aromatic nitrogens is 4. The van der Waals surface area contributed by atoms with E-state index in [0.29, 0.717) is 23.5 Å². The third kappa shape index (κ3) is 3.28. The molecule has 8 heteroatoms. The molecule has 2 amide bonds. The van der Waals surface area contributed by atoms with Crippen molar-refractivity contribution >= 4 is 17.5 Å². The monoisotopic (exact) mass is 290 g/mol. The number of anilines is 1. The van der Waals surface area contributed by atoms with Crippen LogP contribution < -0.4 is 10.6 Å². The molecule has 0 aliphatic rings. The van der Waals surface area contributed by atoms with Crippen LogP contribution in [0.2, 0.25) is 0 Å². The van der Waals surface area contributed by atoms with Gasteiger partial charge in [-0.1, -0.05) is 6.92 Å². The first-order valence-corrected chi connectivity index (χ1v) is 6.63. The van der Waals surface area contributed by atoms with Crippen LogP contribution in [0.1, 0.15) is 34.2 Å². The summed E-state index contributed by atoms with van der Waals surface area (Å²) in [7, 11) is 3.38. The Morgan fingerprint density at radius 2 is 1.95 bits per heavy atom. The second kappa shape index (κ2) is 6.21. The van der Waals surface area contributed by atoms with Crippen molar-refractivity contribution in [3.05, 3.63) is 29.8 Å². The lowest BCUT2D eigenvalue weighted by Gasteiger charge is -2.07. The minimum atomic E-state index is -0.333. The van der Waals surface area contributed by atoms with Gasteiger partial charge in [0.05, 0.1) is 23.6 Å². The van der Waals surface area contributed by atoms with E-state index < -0.39 is 0 Å². The molecule has 21 heavy (non-hydrogen) atoms. The molecule has 0 aliphatic carbocycles. The first-order valence-electron chi connectivity index (χ1n) is 6.63. The molecular weight excluding hydrogens is 272 g/mol. The van der Waals surface area contributed by atoms with Crippen LogP contribution >= 0.6 is 0 Å². The molecule has 0 atom stereocenters. The fourth-order valence-corrected chi connectivity index (χ4v) is 1.85. The first kappa shape index (κ1) is 14.8. The van der Waals surface area contributed by atoms with E-state index in [1.54, 1.807) is 20.3 Å². The number of hydrogen-bond donors (Lipinski definition) is 2. The minimum Gasteiger partial charge on any atom is -0.351 e. The molecule has 8 nitrogen and oxygen atoms in total. The van der Waals surface area contributed by atoms with Crippen LogP contribution in [0.4, 0.5) is 5.69 Å². The quantitative estimate of drug-likeness (QED) is 0.840. The molecule has 2 aromatic heterocycles. The summed E-state index contributed by atoms with van der Waals surface area (Å²) in [6, 6.07) is 0. The van der Waals surface area contributed by atoms with E-state index in [0.717, 1.165) is 6.42 Å². The highest BCUT2D eigenvalue weighted by molar-refractivity contribution is 6.08. The smallest absolute Gasteiger partial charge is 0.271 e. The molecule has 2 aromatic rings. The summed E-state index contributed by atoms with van der Waals surface area (Å²) in [5, 5.41) is 13.4. The van der Waals surface area contributed by atoms with E-state index in [-0.39, 0.29) is 11.8 Å². The second-order valence-electron chi connectivity index (χ2n) is 4.64. The van der Waals surface area contributed by atoms with Crippen molar-refractivity contribution in [1.82, 2.24) is 24.9 Å². The van der Waals surface area contributed by atoms with Crippen molar-refractivity contribution < 1.29 is 9.59 Å². The molecule has 0 aliphatic heterocycles. The molecule has 2 heterocycles. The summed E-state index contributed by atoms with van der Waals surface area (Å²) < 4.78 is 2.97. The number of carbonyl (C=O) groups is 2. The third-order valence-corrected chi connectivity index (χ3v) is 2.90. The lowest BCUT2D eigenvalue weighted by atomic mass is 10.3. The molecule has 2 rings (SSSR count). The number of hydrogen-bond acceptors (Lipinski definition) is 4. The number of rotatable bonds is 5. The Morgan fingerprint density at radius 3 is 2.57 bits per heavy atom. The van der Waals surface area contributed by atoms with Gasteiger partial charge in [0, 0.05) is 26.8 Å². The van der Waals surface area contributed by atoms with Crippen molar-refractivity contribution in [2.24, 2.45) is 14.1 Å². The lowest BCUT2D eigenvalue weighted by molar-refractivity contribution is 0.0945. The number of nitrogens with one attached hydrogen (secondary N) is 2. The van der Waals surface area contributed by atoms with E-state index in [4.69, 9.17) is 0 Å². The Balaban J connectivity index is 2.17. The highest BCUT2D eigenvalue weighted by atomic mass is 16.2. The van der Waals surface area contributed by atoms with Gasteiger partial charge in [-0.3, -0.25) is 19.0 Å². The average Bonchev–Trinajstić information content (AvgIpc) is 3.03. The molecule has 112 valence electrons. The predicted molar refractivity (Wildman–Crippen MR) is 77.0 cm³/mol. The molecule has 0 radical (unpaired) electrons. The number of amides is 2. The van der Waals surface area contributed by atoms with Gasteiger partial charge >= 0.3 is 0 Å². The van der Waals surface area contributed by atoms with Crippen molar-refractivity contribution in [1.29, 1.82) is 0 Å². The largest absolute Gasteiger partial charge is 0.351 e. The van der Waals surface area contributed by atoms with E-state index >= 15 is 0 Å². The van der Waals surface area contributed by atoms with Crippen LogP contribution in [0, 0.1) is 0 Å².